The number of hydrogen-bond donors (Lipinski definition) is 0. The van der Waals surface area contributed by atoms with Gasteiger partial charge in [0.2, 0.25) is 5.43 Å². The maximum absolute atomic E-state index is 12.5. The molecule has 92 valence electrons. The van der Waals surface area contributed by atoms with Crippen LogP contribution in [0.15, 0.2) is 29.1 Å². The van der Waals surface area contributed by atoms with Crippen molar-refractivity contribution in [3.8, 4) is 5.75 Å². The van der Waals surface area contributed by atoms with Gasteiger partial charge >= 0.3 is 0 Å². The van der Waals surface area contributed by atoms with E-state index in [0.717, 1.165) is 22.9 Å². The van der Waals surface area contributed by atoms with Crippen LogP contribution in [0.1, 0.15) is 36.5 Å². The highest BCUT2D eigenvalue weighted by Gasteiger charge is 2.34. The molecule has 4 rings (SSSR count). The highest BCUT2D eigenvalue weighted by Crippen LogP contribution is 2.45. The van der Waals surface area contributed by atoms with Crippen LogP contribution >= 0.6 is 11.3 Å². The molecule has 2 aliphatic rings. The van der Waals surface area contributed by atoms with Crippen LogP contribution in [0.25, 0.3) is 10.1 Å². The van der Waals surface area contributed by atoms with Gasteiger partial charge < -0.3 is 4.74 Å². The second-order valence-electron chi connectivity index (χ2n) is 5.22. The van der Waals surface area contributed by atoms with Crippen molar-refractivity contribution in [3.63, 3.8) is 0 Å². The average molecular weight is 258 g/mol. The second-order valence-corrected chi connectivity index (χ2v) is 6.31. The van der Waals surface area contributed by atoms with E-state index in [4.69, 9.17) is 4.74 Å². The molecule has 1 aliphatic carbocycles. The van der Waals surface area contributed by atoms with Crippen molar-refractivity contribution in [2.24, 2.45) is 0 Å². The Hall–Kier alpha value is -1.35. The first kappa shape index (κ1) is 10.6. The summed E-state index contributed by atoms with van der Waals surface area (Å²) in [7, 11) is 0. The third-order valence-electron chi connectivity index (χ3n) is 4.06. The third-order valence-corrected chi connectivity index (χ3v) is 5.38. The fourth-order valence-electron chi connectivity index (χ4n) is 3.18. The zero-order valence-electron chi connectivity index (χ0n) is 10.0. The van der Waals surface area contributed by atoms with E-state index in [0.29, 0.717) is 11.7 Å². The van der Waals surface area contributed by atoms with Crippen LogP contribution < -0.4 is 10.2 Å². The first-order valence-corrected chi connectivity index (χ1v) is 7.37. The van der Waals surface area contributed by atoms with E-state index in [-0.39, 0.29) is 11.5 Å². The van der Waals surface area contributed by atoms with Crippen molar-refractivity contribution in [2.45, 2.75) is 37.7 Å². The van der Waals surface area contributed by atoms with Gasteiger partial charge in [-0.3, -0.25) is 4.79 Å². The van der Waals surface area contributed by atoms with Crippen LogP contribution in [-0.4, -0.2) is 6.10 Å². The zero-order valence-corrected chi connectivity index (χ0v) is 10.8. The molecular weight excluding hydrogens is 244 g/mol. The Labute approximate surface area is 109 Å². The summed E-state index contributed by atoms with van der Waals surface area (Å²) in [5.74, 6) is 1.20. The molecule has 2 aromatic rings. The molecule has 1 saturated carbocycles. The number of ether oxygens (including phenoxy) is 1. The molecule has 1 aromatic carbocycles. The Bertz CT molecular complexity index is 674. The minimum absolute atomic E-state index is 0.0935. The van der Waals surface area contributed by atoms with E-state index in [1.807, 2.05) is 24.3 Å². The molecule has 2 bridgehead atoms. The van der Waals surface area contributed by atoms with Crippen molar-refractivity contribution in [3.05, 3.63) is 39.4 Å². The standard InChI is InChI=1S/C15H14O2S/c16-13-11-6-1-2-7-12(11)18-15-9-4-3-5-10(8-9)17-14(13)15/h1-2,6-7,9-10H,3-5,8H2/t9-,10+/m0/s1. The van der Waals surface area contributed by atoms with Gasteiger partial charge in [0.1, 0.15) is 0 Å². The highest BCUT2D eigenvalue weighted by atomic mass is 32.1. The third kappa shape index (κ3) is 1.43. The van der Waals surface area contributed by atoms with Gasteiger partial charge in [-0.05, 0) is 37.8 Å². The lowest BCUT2D eigenvalue weighted by Crippen LogP contribution is -2.32. The second kappa shape index (κ2) is 3.82. The van der Waals surface area contributed by atoms with Gasteiger partial charge in [0.15, 0.2) is 5.75 Å². The molecule has 0 saturated heterocycles. The quantitative estimate of drug-likeness (QED) is 0.720. The monoisotopic (exact) mass is 258 g/mol. The summed E-state index contributed by atoms with van der Waals surface area (Å²) in [5.41, 5.74) is 0.0935. The lowest BCUT2D eigenvalue weighted by atomic mass is 9.84. The van der Waals surface area contributed by atoms with Gasteiger partial charge in [-0.1, -0.05) is 12.1 Å². The van der Waals surface area contributed by atoms with Crippen molar-refractivity contribution in [1.82, 2.24) is 0 Å². The summed E-state index contributed by atoms with van der Waals surface area (Å²) in [6, 6.07) is 7.86. The topological polar surface area (TPSA) is 26.3 Å². The molecule has 0 unspecified atom stereocenters. The lowest BCUT2D eigenvalue weighted by Gasteiger charge is -2.35. The summed E-state index contributed by atoms with van der Waals surface area (Å²) in [6.45, 7) is 0. The molecule has 0 spiro atoms. The van der Waals surface area contributed by atoms with E-state index in [1.54, 1.807) is 11.3 Å². The summed E-state index contributed by atoms with van der Waals surface area (Å²) < 4.78 is 7.03. The van der Waals surface area contributed by atoms with Crippen molar-refractivity contribution in [1.29, 1.82) is 0 Å². The molecule has 0 radical (unpaired) electrons. The molecule has 1 aliphatic heterocycles. The molecule has 0 amide bonds. The van der Waals surface area contributed by atoms with Gasteiger partial charge in [-0.15, -0.1) is 11.3 Å². The molecule has 18 heavy (non-hydrogen) atoms. The first-order chi connectivity index (χ1) is 8.83. The zero-order chi connectivity index (χ0) is 12.1. The Morgan fingerprint density at radius 2 is 2.11 bits per heavy atom. The molecule has 2 atom stereocenters. The fourth-order valence-corrected chi connectivity index (χ4v) is 4.45. The maximum Gasteiger partial charge on any atom is 0.230 e. The van der Waals surface area contributed by atoms with Crippen LogP contribution in [0.3, 0.4) is 0 Å². The molecule has 2 nitrogen and oxygen atoms in total. The van der Waals surface area contributed by atoms with Crippen LogP contribution in [0, 0.1) is 0 Å². The maximum atomic E-state index is 12.5. The largest absolute Gasteiger partial charge is 0.485 e. The Morgan fingerprint density at radius 1 is 1.22 bits per heavy atom. The summed E-state index contributed by atoms with van der Waals surface area (Å²) in [6.07, 6.45) is 4.91. The van der Waals surface area contributed by atoms with E-state index in [2.05, 4.69) is 0 Å². The Morgan fingerprint density at radius 3 is 3.06 bits per heavy atom. The van der Waals surface area contributed by atoms with Gasteiger partial charge in [0.25, 0.3) is 0 Å². The molecule has 3 heteroatoms. The fraction of sp³-hybridized carbons (Fsp3) is 0.400. The smallest absolute Gasteiger partial charge is 0.230 e. The first-order valence-electron chi connectivity index (χ1n) is 6.55. The molecule has 1 fully saturated rings. The predicted molar refractivity (Wildman–Crippen MR) is 73.7 cm³/mol. The van der Waals surface area contributed by atoms with Crippen LogP contribution in [0.2, 0.25) is 0 Å². The van der Waals surface area contributed by atoms with E-state index < -0.39 is 0 Å². The molecular formula is C15H14O2S. The molecule has 2 heterocycles. The van der Waals surface area contributed by atoms with E-state index in [9.17, 15) is 4.79 Å². The number of rotatable bonds is 0. The van der Waals surface area contributed by atoms with Crippen molar-refractivity contribution in [2.75, 3.05) is 0 Å². The van der Waals surface area contributed by atoms with Crippen LogP contribution in [0.4, 0.5) is 0 Å². The van der Waals surface area contributed by atoms with Crippen molar-refractivity contribution >= 4 is 21.4 Å². The number of hydrogen-bond acceptors (Lipinski definition) is 3. The molecule has 0 N–H and O–H groups in total. The minimum atomic E-state index is 0.0935. The van der Waals surface area contributed by atoms with E-state index >= 15 is 0 Å². The normalized spacial score (nSPS) is 25.6. The van der Waals surface area contributed by atoms with Gasteiger partial charge in [0.05, 0.1) is 11.0 Å². The summed E-state index contributed by atoms with van der Waals surface area (Å²) in [4.78, 5) is 13.7. The Balaban J connectivity index is 2.03. The summed E-state index contributed by atoms with van der Waals surface area (Å²) in [5, 5.41) is 0.807. The number of fused-ring (bicyclic) bond motifs is 5. The highest BCUT2D eigenvalue weighted by molar-refractivity contribution is 7.18. The molecule has 1 aromatic heterocycles. The lowest BCUT2D eigenvalue weighted by molar-refractivity contribution is 0.120. The van der Waals surface area contributed by atoms with Crippen molar-refractivity contribution < 1.29 is 4.74 Å². The SMILES string of the molecule is O=c1c2c(sc3ccccc13)[C@H]1CCC[C@H](C1)O2. The van der Waals surface area contributed by atoms with Crippen LogP contribution in [-0.2, 0) is 0 Å². The van der Waals surface area contributed by atoms with Gasteiger partial charge in [0, 0.05) is 16.0 Å². The Kier molecular flexibility index (Phi) is 2.24. The van der Waals surface area contributed by atoms with Crippen LogP contribution in [0.5, 0.6) is 5.75 Å². The summed E-state index contributed by atoms with van der Waals surface area (Å²) >= 11 is 1.75. The average Bonchev–Trinajstić information content (AvgIpc) is 2.41. The van der Waals surface area contributed by atoms with Gasteiger partial charge in [-0.25, -0.2) is 0 Å². The predicted octanol–water partition coefficient (Wildman–Crippen LogP) is 3.68. The van der Waals surface area contributed by atoms with E-state index in [1.165, 1.54) is 17.7 Å². The minimum Gasteiger partial charge on any atom is -0.485 e. The number of benzene rings is 1. The van der Waals surface area contributed by atoms with Gasteiger partial charge in [-0.2, -0.15) is 0 Å².